The largest absolute Gasteiger partial charge is 0.477 e. The SMILES string of the molecule is C.CO.O=S(Cl)Cl.O=S(Cl)Cl.[C-]#[N+]c1ccc(C(=O)O)nc1C.[C-]#[N+]c1ccc(C(=O)OC)nc1C.[C-]#[N+]c1ccc(CCl)nc1C.[C-]#[N+]c1ccc(CO)nc1C. The lowest BCUT2D eigenvalue weighted by atomic mass is 10.3. The lowest BCUT2D eigenvalue weighted by Gasteiger charge is -2.00. The van der Waals surface area contributed by atoms with Crippen LogP contribution in [0.3, 0.4) is 0 Å². The maximum atomic E-state index is 11.0. The zero-order valence-electron chi connectivity index (χ0n) is 30.7. The van der Waals surface area contributed by atoms with Crippen LogP contribution in [0.15, 0.2) is 48.5 Å². The Morgan fingerprint density at radius 1 is 0.638 bits per heavy atom. The fraction of sp³-hybridized carbons (Fsp3) is 0.257. The summed E-state index contributed by atoms with van der Waals surface area (Å²) >= 11 is 5.55. The van der Waals surface area contributed by atoms with Crippen molar-refractivity contribution in [1.29, 1.82) is 0 Å². The third-order valence-electron chi connectivity index (χ3n) is 5.74. The van der Waals surface area contributed by atoms with Crippen molar-refractivity contribution in [2.45, 2.75) is 47.6 Å². The molecule has 0 aromatic carbocycles. The highest BCUT2D eigenvalue weighted by Gasteiger charge is 2.09. The van der Waals surface area contributed by atoms with E-state index in [0.717, 1.165) is 18.5 Å². The van der Waals surface area contributed by atoms with Crippen LogP contribution < -0.4 is 0 Å². The Bertz CT molecular complexity index is 2060. The summed E-state index contributed by atoms with van der Waals surface area (Å²) in [5.74, 6) is -1.16. The van der Waals surface area contributed by atoms with E-state index in [1.54, 1.807) is 51.1 Å². The van der Waals surface area contributed by atoms with Crippen LogP contribution >= 0.6 is 54.3 Å². The maximum Gasteiger partial charge on any atom is 0.356 e. The molecule has 0 atom stereocenters. The zero-order valence-corrected chi connectivity index (χ0v) is 36.1. The average Bonchev–Trinajstić information content (AvgIpc) is 3.18. The number of methoxy groups -OCH3 is 1. The van der Waals surface area contributed by atoms with Gasteiger partial charge in [0.25, 0.3) is 0 Å². The number of carbonyl (C=O) groups is 2. The number of aromatic nitrogens is 4. The minimum atomic E-state index is -1.67. The number of esters is 1. The van der Waals surface area contributed by atoms with Gasteiger partial charge in [0, 0.05) is 72.6 Å². The molecule has 0 aliphatic carbocycles. The van der Waals surface area contributed by atoms with Crippen LogP contribution in [0.5, 0.6) is 0 Å². The minimum Gasteiger partial charge on any atom is -0.477 e. The van der Waals surface area contributed by atoms with Gasteiger partial charge in [-0.15, -0.1) is 11.6 Å². The van der Waals surface area contributed by atoms with Crippen LogP contribution in [0.2, 0.25) is 0 Å². The van der Waals surface area contributed by atoms with E-state index in [9.17, 15) is 9.59 Å². The van der Waals surface area contributed by atoms with Gasteiger partial charge in [-0.05, 0) is 52.0 Å². The molecule has 4 aromatic rings. The number of aliphatic hydroxyl groups excluding tert-OH is 2. The number of halogens is 5. The summed E-state index contributed by atoms with van der Waals surface area (Å²) in [4.78, 5) is 50.1. The van der Waals surface area contributed by atoms with Crippen LogP contribution in [-0.2, 0) is 35.7 Å². The Morgan fingerprint density at radius 3 is 1.21 bits per heavy atom. The van der Waals surface area contributed by atoms with Gasteiger partial charge in [-0.1, -0.05) is 31.7 Å². The second kappa shape index (κ2) is 35.3. The number of aliphatic hydroxyl groups is 2. The predicted octanol–water partition coefficient (Wildman–Crippen LogP) is 9.81. The van der Waals surface area contributed by atoms with Crippen molar-refractivity contribution < 1.29 is 38.1 Å². The Hall–Kier alpha value is -4.83. The maximum absolute atomic E-state index is 11.0. The molecule has 3 N–H and O–H groups in total. The van der Waals surface area contributed by atoms with Gasteiger partial charge < -0.3 is 20.1 Å². The zero-order chi connectivity index (χ0) is 44.7. The first-order chi connectivity index (χ1) is 26.8. The standard InChI is InChI=1S/C9H8N2O2.C8H7ClN2.C8H6N2O2.C8H8N2O.CH4O.CH4.2Cl2OS/c1-6-7(10-2)4-5-8(11-6)9(12)13-3;1-6-8(10-2)4-3-7(5-9)11-6;1-5-6(9-2)3-4-7(10-5)8(11)12;1-6-8(9-2)4-3-7(5-11)10-6;1-2;;2*1-4(2)3/h4-5H,1,3H3;3-4H,5H2,1H3;3-4H,1H3,(H,11,12);3-4,11H,5H2,1H3;2H,1H3;1H4;;. The molecule has 23 heteroatoms. The molecule has 312 valence electrons. The molecule has 0 radical (unpaired) electrons. The molecule has 4 heterocycles. The van der Waals surface area contributed by atoms with E-state index in [-0.39, 0.29) is 25.4 Å². The summed E-state index contributed by atoms with van der Waals surface area (Å²) in [5.41, 5.74) is 6.01. The van der Waals surface area contributed by atoms with Crippen LogP contribution in [0.4, 0.5) is 22.7 Å². The van der Waals surface area contributed by atoms with E-state index in [1.165, 1.54) is 25.3 Å². The third kappa shape index (κ3) is 26.9. The van der Waals surface area contributed by atoms with Gasteiger partial charge in [-0.2, -0.15) is 0 Å². The molecule has 0 saturated carbocycles. The van der Waals surface area contributed by atoms with Gasteiger partial charge >= 0.3 is 11.9 Å². The molecular formula is C35H37Cl5N8O8S2. The van der Waals surface area contributed by atoms with Crippen LogP contribution in [0.25, 0.3) is 19.4 Å². The first-order valence-corrected chi connectivity index (χ1v) is 20.8. The van der Waals surface area contributed by atoms with Crippen LogP contribution in [0, 0.1) is 54.0 Å². The predicted molar refractivity (Wildman–Crippen MR) is 229 cm³/mol. The van der Waals surface area contributed by atoms with E-state index in [1.807, 2.05) is 6.92 Å². The minimum absolute atomic E-state index is 0. The normalized spacial score (nSPS) is 8.67. The molecule has 0 fully saturated rings. The van der Waals surface area contributed by atoms with Crippen molar-refractivity contribution in [3.63, 3.8) is 0 Å². The van der Waals surface area contributed by atoms with Gasteiger partial charge in [0.05, 0.1) is 57.3 Å². The van der Waals surface area contributed by atoms with Crippen molar-refractivity contribution in [3.05, 3.63) is 140 Å². The molecule has 16 nitrogen and oxygen atoms in total. The number of aromatic carboxylic acids is 1. The molecule has 0 saturated heterocycles. The second-order valence-electron chi connectivity index (χ2n) is 9.32. The van der Waals surface area contributed by atoms with E-state index < -0.39 is 30.4 Å². The van der Waals surface area contributed by atoms with Gasteiger partial charge in [0.2, 0.25) is 41.2 Å². The number of rotatable bonds is 4. The number of alkyl halides is 1. The number of hydrogen-bond donors (Lipinski definition) is 3. The first-order valence-electron chi connectivity index (χ1n) is 14.7. The topological polar surface area (TPSA) is 207 Å². The Morgan fingerprint density at radius 2 is 0.931 bits per heavy atom. The summed E-state index contributed by atoms with van der Waals surface area (Å²) in [6.45, 7) is 33.8. The van der Waals surface area contributed by atoms with Gasteiger partial charge in [0.15, 0.2) is 0 Å². The first kappa shape index (κ1) is 59.9. The monoisotopic (exact) mass is 936 g/mol. The molecule has 0 unspecified atom stereocenters. The molecule has 58 heavy (non-hydrogen) atoms. The molecule has 0 amide bonds. The number of carboxylic acid groups (broad SMARTS) is 1. The highest BCUT2D eigenvalue weighted by Crippen LogP contribution is 2.18. The Labute approximate surface area is 365 Å². The third-order valence-corrected chi connectivity index (χ3v) is 6.02. The molecule has 0 aliphatic rings. The summed E-state index contributed by atoms with van der Waals surface area (Å²) in [5, 5.41) is 24.2. The van der Waals surface area contributed by atoms with Crippen molar-refractivity contribution in [2.24, 2.45) is 0 Å². The average molecular weight is 939 g/mol. The van der Waals surface area contributed by atoms with Crippen molar-refractivity contribution in [3.8, 4) is 0 Å². The number of hydrogen-bond acceptors (Lipinski definition) is 11. The van der Waals surface area contributed by atoms with Crippen molar-refractivity contribution in [2.75, 3.05) is 14.2 Å². The fourth-order valence-electron chi connectivity index (χ4n) is 3.29. The molecule has 0 bridgehead atoms. The van der Waals surface area contributed by atoms with E-state index in [2.05, 4.69) is 86.8 Å². The van der Waals surface area contributed by atoms with E-state index in [0.29, 0.717) is 51.4 Å². The van der Waals surface area contributed by atoms with Gasteiger partial charge in [-0.25, -0.2) is 37.4 Å². The molecule has 4 aromatic heterocycles. The number of pyridine rings is 4. The number of carboxylic acids is 1. The van der Waals surface area contributed by atoms with E-state index in [4.69, 9.17) is 61.6 Å². The Kier molecular flexibility index (Phi) is 36.5. The number of nitrogens with zero attached hydrogens (tertiary/aromatic N) is 8. The summed E-state index contributed by atoms with van der Waals surface area (Å²) in [6.07, 6.45) is 0. The lowest BCUT2D eigenvalue weighted by Crippen LogP contribution is -2.04. The van der Waals surface area contributed by atoms with Gasteiger partial charge in [-0.3, -0.25) is 19.9 Å². The summed E-state index contributed by atoms with van der Waals surface area (Å²) in [6, 6.07) is 12.6. The van der Waals surface area contributed by atoms with E-state index >= 15 is 0 Å². The molecular weight excluding hydrogens is 902 g/mol. The number of ether oxygens (including phenoxy) is 1. The quantitative estimate of drug-likeness (QED) is 0.0756. The van der Waals surface area contributed by atoms with Crippen LogP contribution in [0.1, 0.15) is 62.6 Å². The second-order valence-corrected chi connectivity index (χ2v) is 14.6. The smallest absolute Gasteiger partial charge is 0.356 e. The van der Waals surface area contributed by atoms with Crippen LogP contribution in [-0.4, -0.2) is 69.8 Å². The molecule has 0 spiro atoms. The van der Waals surface area contributed by atoms with Crippen molar-refractivity contribution in [1.82, 2.24) is 19.9 Å². The molecule has 0 aliphatic heterocycles. The van der Waals surface area contributed by atoms with Crippen molar-refractivity contribution >= 4 is 107 Å². The number of aryl methyl sites for hydroxylation is 4. The summed E-state index contributed by atoms with van der Waals surface area (Å²) in [7, 11) is 17.0. The molecule has 4 rings (SSSR count). The lowest BCUT2D eigenvalue weighted by molar-refractivity contribution is 0.0593. The highest BCUT2D eigenvalue weighted by molar-refractivity contribution is 8.27. The fourth-order valence-corrected chi connectivity index (χ4v) is 3.44. The Balaban J connectivity index is -0.000000310. The number of carbonyl (C=O) groups excluding carboxylic acids is 1. The van der Waals surface area contributed by atoms with Gasteiger partial charge in [0.1, 0.15) is 11.4 Å². The highest BCUT2D eigenvalue weighted by atomic mass is 36.0. The summed E-state index contributed by atoms with van der Waals surface area (Å²) < 4.78 is 22.7.